The van der Waals surface area contributed by atoms with Gasteiger partial charge in [-0.25, -0.2) is 0 Å². The molecule has 10 heteroatoms. The zero-order chi connectivity index (χ0) is 30.8. The van der Waals surface area contributed by atoms with Crippen LogP contribution >= 0.6 is 0 Å². The van der Waals surface area contributed by atoms with Crippen LogP contribution in [0.1, 0.15) is 52.6 Å². The second kappa shape index (κ2) is 12.3. The van der Waals surface area contributed by atoms with Crippen LogP contribution in [-0.2, 0) is 13.1 Å². The Labute approximate surface area is 254 Å². The molecule has 0 saturated carbocycles. The van der Waals surface area contributed by atoms with Crippen molar-refractivity contribution in [2.45, 2.75) is 13.1 Å². The van der Waals surface area contributed by atoms with Crippen molar-refractivity contribution in [3.05, 3.63) is 106 Å². The first-order chi connectivity index (χ1) is 21.4. The fraction of sp³-hybridized carbons (Fsp3) is 0.235. The van der Waals surface area contributed by atoms with Crippen LogP contribution in [0.3, 0.4) is 0 Å². The van der Waals surface area contributed by atoms with Crippen LogP contribution in [0.15, 0.2) is 72.8 Å². The van der Waals surface area contributed by atoms with Crippen LogP contribution in [-0.4, -0.2) is 73.8 Å². The van der Waals surface area contributed by atoms with Crippen molar-refractivity contribution in [3.8, 4) is 11.5 Å². The van der Waals surface area contributed by atoms with Crippen molar-refractivity contribution in [2.24, 2.45) is 0 Å². The van der Waals surface area contributed by atoms with E-state index in [1.165, 1.54) is 9.80 Å². The third-order valence-corrected chi connectivity index (χ3v) is 8.01. The molecular weight excluding hydrogens is 560 g/mol. The lowest BCUT2D eigenvalue weighted by Gasteiger charge is -2.32. The summed E-state index contributed by atoms with van der Waals surface area (Å²) in [5, 5.41) is 7.28. The lowest BCUT2D eigenvalue weighted by atomic mass is 9.86. The molecule has 4 aromatic carbocycles. The molecule has 0 radical (unpaired) electrons. The highest BCUT2D eigenvalue weighted by Crippen LogP contribution is 2.37. The molecule has 4 aromatic rings. The molecule has 4 amide bonds. The molecule has 0 unspecified atom stereocenters. The Bertz CT molecular complexity index is 1600. The van der Waals surface area contributed by atoms with Crippen LogP contribution in [0, 0.1) is 0 Å². The van der Waals surface area contributed by atoms with Crippen LogP contribution in [0.2, 0.25) is 0 Å². The van der Waals surface area contributed by atoms with Crippen molar-refractivity contribution in [3.63, 3.8) is 0 Å². The predicted octanol–water partition coefficient (Wildman–Crippen LogP) is 3.63. The summed E-state index contributed by atoms with van der Waals surface area (Å²) < 4.78 is 10.5. The SMILES string of the molecule is COc1cccc(CNCCN2C(=O)c3ccc4c5c(ccc(c35)C2=O)C(=O)N(CCNCc2cccc(OC)c2)C4=O)c1. The van der Waals surface area contributed by atoms with Gasteiger partial charge in [0.05, 0.1) is 14.2 Å². The minimum Gasteiger partial charge on any atom is -0.497 e. The molecule has 0 atom stereocenters. The average molecular weight is 593 g/mol. The second-order valence-electron chi connectivity index (χ2n) is 10.7. The Kier molecular flexibility index (Phi) is 8.10. The maximum atomic E-state index is 13.5. The molecule has 0 aliphatic carbocycles. The van der Waals surface area contributed by atoms with E-state index in [2.05, 4.69) is 10.6 Å². The summed E-state index contributed by atoms with van der Waals surface area (Å²) >= 11 is 0. The van der Waals surface area contributed by atoms with Gasteiger partial charge in [-0.2, -0.15) is 0 Å². The van der Waals surface area contributed by atoms with Gasteiger partial charge >= 0.3 is 0 Å². The Hall–Kier alpha value is -5.06. The monoisotopic (exact) mass is 592 g/mol. The molecule has 2 aliphatic rings. The smallest absolute Gasteiger partial charge is 0.261 e. The van der Waals surface area contributed by atoms with Gasteiger partial charge in [0, 0.05) is 72.3 Å². The third kappa shape index (κ3) is 5.29. The Balaban J connectivity index is 1.15. The van der Waals surface area contributed by atoms with Crippen molar-refractivity contribution in [1.29, 1.82) is 0 Å². The number of benzene rings is 4. The summed E-state index contributed by atoms with van der Waals surface area (Å²) in [6.07, 6.45) is 0. The second-order valence-corrected chi connectivity index (χ2v) is 10.7. The number of rotatable bonds is 12. The molecule has 0 aromatic heterocycles. The molecule has 0 bridgehead atoms. The van der Waals surface area contributed by atoms with E-state index in [4.69, 9.17) is 9.47 Å². The highest BCUT2D eigenvalue weighted by molar-refractivity contribution is 6.33. The van der Waals surface area contributed by atoms with E-state index in [-0.39, 0.29) is 13.1 Å². The van der Waals surface area contributed by atoms with Crippen molar-refractivity contribution < 1.29 is 28.7 Å². The van der Waals surface area contributed by atoms with Gasteiger partial charge in [0.15, 0.2) is 0 Å². The molecular formula is C34H32N4O6. The number of imide groups is 2. The fourth-order valence-electron chi connectivity index (χ4n) is 5.79. The Morgan fingerprint density at radius 1 is 0.545 bits per heavy atom. The summed E-state index contributed by atoms with van der Waals surface area (Å²) in [6.45, 7) is 2.20. The molecule has 2 N–H and O–H groups in total. The zero-order valence-electron chi connectivity index (χ0n) is 24.5. The van der Waals surface area contributed by atoms with E-state index >= 15 is 0 Å². The number of hydrogen-bond acceptors (Lipinski definition) is 8. The van der Waals surface area contributed by atoms with Gasteiger partial charge in [0.2, 0.25) is 0 Å². The van der Waals surface area contributed by atoms with Gasteiger partial charge in [-0.3, -0.25) is 29.0 Å². The number of ether oxygens (including phenoxy) is 2. The van der Waals surface area contributed by atoms with E-state index in [1.54, 1.807) is 38.5 Å². The zero-order valence-corrected chi connectivity index (χ0v) is 24.5. The first-order valence-electron chi connectivity index (χ1n) is 14.4. The maximum Gasteiger partial charge on any atom is 0.261 e. The summed E-state index contributed by atoms with van der Waals surface area (Å²) in [5.41, 5.74) is 3.26. The summed E-state index contributed by atoms with van der Waals surface area (Å²) in [7, 11) is 3.22. The molecule has 224 valence electrons. The molecule has 2 aliphatic heterocycles. The lowest BCUT2D eigenvalue weighted by molar-refractivity contribution is 0.0590. The average Bonchev–Trinajstić information content (AvgIpc) is 3.05. The minimum absolute atomic E-state index is 0.167. The first kappa shape index (κ1) is 29.0. The van der Waals surface area contributed by atoms with Crippen LogP contribution in [0.4, 0.5) is 0 Å². The van der Waals surface area contributed by atoms with E-state index in [9.17, 15) is 19.2 Å². The standard InChI is InChI=1S/C34H32N4O6/c1-43-23-7-3-5-21(17-23)19-35-13-15-37-31(39)25-9-11-27-30-28(12-10-26(29(25)30)32(37)40)34(42)38(33(27)41)16-14-36-20-22-6-4-8-24(18-22)44-2/h3-12,17-18,35-36H,13-16,19-20H2,1-2H3. The topological polar surface area (TPSA) is 117 Å². The summed E-state index contributed by atoms with van der Waals surface area (Å²) in [6, 6.07) is 21.6. The number of hydrogen-bond donors (Lipinski definition) is 2. The Morgan fingerprint density at radius 3 is 1.25 bits per heavy atom. The van der Waals surface area contributed by atoms with Crippen LogP contribution < -0.4 is 20.1 Å². The highest BCUT2D eigenvalue weighted by Gasteiger charge is 2.39. The van der Waals surface area contributed by atoms with Crippen molar-refractivity contribution in [2.75, 3.05) is 40.4 Å². The first-order valence-corrected chi connectivity index (χ1v) is 14.4. The number of amides is 4. The van der Waals surface area contributed by atoms with Crippen molar-refractivity contribution in [1.82, 2.24) is 20.4 Å². The Morgan fingerprint density at radius 2 is 0.909 bits per heavy atom. The molecule has 2 heterocycles. The molecule has 10 nitrogen and oxygen atoms in total. The molecule has 0 saturated heterocycles. The number of nitrogens with one attached hydrogen (secondary N) is 2. The van der Waals surface area contributed by atoms with Crippen LogP contribution in [0.5, 0.6) is 11.5 Å². The molecule has 0 fully saturated rings. The van der Waals surface area contributed by atoms with E-state index in [0.717, 1.165) is 22.6 Å². The predicted molar refractivity (Wildman–Crippen MR) is 164 cm³/mol. The molecule has 0 spiro atoms. The van der Waals surface area contributed by atoms with Crippen molar-refractivity contribution >= 4 is 34.4 Å². The largest absolute Gasteiger partial charge is 0.497 e. The van der Waals surface area contributed by atoms with Gasteiger partial charge in [0.25, 0.3) is 23.6 Å². The number of carbonyl (C=O) groups excluding carboxylic acids is 4. The van der Waals surface area contributed by atoms with E-state index in [0.29, 0.717) is 59.2 Å². The van der Waals surface area contributed by atoms with Gasteiger partial charge in [-0.15, -0.1) is 0 Å². The van der Waals surface area contributed by atoms with Gasteiger partial charge in [0.1, 0.15) is 11.5 Å². The quantitative estimate of drug-likeness (QED) is 0.189. The molecule has 6 rings (SSSR count). The van der Waals surface area contributed by atoms with Gasteiger partial charge in [-0.1, -0.05) is 24.3 Å². The number of nitrogens with zero attached hydrogens (tertiary/aromatic N) is 2. The lowest BCUT2D eigenvalue weighted by Crippen LogP contribution is -2.46. The number of methoxy groups -OCH3 is 2. The van der Waals surface area contributed by atoms with E-state index < -0.39 is 23.6 Å². The van der Waals surface area contributed by atoms with Gasteiger partial charge < -0.3 is 20.1 Å². The van der Waals surface area contributed by atoms with Crippen LogP contribution in [0.25, 0.3) is 10.8 Å². The number of carbonyl (C=O) groups is 4. The molecule has 44 heavy (non-hydrogen) atoms. The fourth-order valence-corrected chi connectivity index (χ4v) is 5.79. The normalized spacial score (nSPS) is 14.0. The van der Waals surface area contributed by atoms with Gasteiger partial charge in [-0.05, 0) is 59.7 Å². The minimum atomic E-state index is -0.446. The maximum absolute atomic E-state index is 13.5. The van der Waals surface area contributed by atoms with E-state index in [1.807, 2.05) is 48.5 Å². The highest BCUT2D eigenvalue weighted by atomic mass is 16.5. The summed E-state index contributed by atoms with van der Waals surface area (Å²) in [5.74, 6) is -0.277. The third-order valence-electron chi connectivity index (χ3n) is 8.01. The summed E-state index contributed by atoms with van der Waals surface area (Å²) in [4.78, 5) is 56.5.